The van der Waals surface area contributed by atoms with Crippen LogP contribution in [-0.4, -0.2) is 24.9 Å². The number of nitrogens with two attached hydrogens (primary N) is 1. The number of carbonyl (C=O) groups is 2. The summed E-state index contributed by atoms with van der Waals surface area (Å²) in [5.74, 6) is -0.492. The van der Waals surface area contributed by atoms with Crippen LogP contribution in [-0.2, 0) is 4.79 Å². The average molecular weight is 284 g/mol. The van der Waals surface area contributed by atoms with Gasteiger partial charge in [-0.3, -0.25) is 9.59 Å². The third kappa shape index (κ3) is 3.68. The van der Waals surface area contributed by atoms with Crippen molar-refractivity contribution in [2.75, 3.05) is 18.4 Å². The van der Waals surface area contributed by atoms with Crippen LogP contribution in [0.2, 0.25) is 0 Å². The molecule has 6 heteroatoms. The third-order valence-electron chi connectivity index (χ3n) is 3.20. The zero-order valence-electron chi connectivity index (χ0n) is 10.7. The number of aryl methyl sites for hydroxylation is 1. The monoisotopic (exact) mass is 283 g/mol. The molecule has 1 saturated heterocycles. The molecule has 1 aliphatic heterocycles. The lowest BCUT2D eigenvalue weighted by Crippen LogP contribution is -2.25. The summed E-state index contributed by atoms with van der Waals surface area (Å²) in [6.45, 7) is 3.39. The summed E-state index contributed by atoms with van der Waals surface area (Å²) in [6.07, 6.45) is 0.848. The first-order valence-electron chi connectivity index (χ1n) is 6.00. The van der Waals surface area contributed by atoms with E-state index in [-0.39, 0.29) is 24.2 Å². The van der Waals surface area contributed by atoms with Crippen LogP contribution in [0, 0.1) is 12.8 Å². The van der Waals surface area contributed by atoms with Gasteiger partial charge >= 0.3 is 0 Å². The van der Waals surface area contributed by atoms with Crippen molar-refractivity contribution < 1.29 is 9.59 Å². The normalized spacial score (nSPS) is 17.6. The number of rotatable bonds is 3. The van der Waals surface area contributed by atoms with Crippen LogP contribution in [0.1, 0.15) is 22.3 Å². The second-order valence-corrected chi connectivity index (χ2v) is 4.57. The fourth-order valence-corrected chi connectivity index (χ4v) is 2.09. The molecule has 0 bridgehead atoms. The summed E-state index contributed by atoms with van der Waals surface area (Å²) in [4.78, 5) is 23.1. The van der Waals surface area contributed by atoms with E-state index in [9.17, 15) is 9.59 Å². The largest absolute Gasteiger partial charge is 0.366 e. The van der Waals surface area contributed by atoms with Gasteiger partial charge in [-0.25, -0.2) is 0 Å². The smallest absolute Gasteiger partial charge is 0.249 e. The molecule has 1 atom stereocenters. The number of halogens is 1. The van der Waals surface area contributed by atoms with Gasteiger partial charge < -0.3 is 16.4 Å². The van der Waals surface area contributed by atoms with Crippen molar-refractivity contribution >= 4 is 29.9 Å². The van der Waals surface area contributed by atoms with Crippen LogP contribution in [0.5, 0.6) is 0 Å². The van der Waals surface area contributed by atoms with E-state index in [2.05, 4.69) is 10.6 Å². The first-order valence-corrected chi connectivity index (χ1v) is 6.00. The number of nitrogens with one attached hydrogen (secondary N) is 2. The summed E-state index contributed by atoms with van der Waals surface area (Å²) in [5.41, 5.74) is 7.14. The van der Waals surface area contributed by atoms with Crippen LogP contribution >= 0.6 is 12.4 Å². The molecule has 1 unspecified atom stereocenters. The number of carbonyl (C=O) groups excluding carboxylic acids is 2. The molecule has 1 heterocycles. The first kappa shape index (κ1) is 15.5. The number of benzene rings is 1. The number of primary amides is 1. The van der Waals surface area contributed by atoms with Gasteiger partial charge in [-0.15, -0.1) is 12.4 Å². The molecular weight excluding hydrogens is 266 g/mol. The van der Waals surface area contributed by atoms with Gasteiger partial charge in [0, 0.05) is 17.8 Å². The van der Waals surface area contributed by atoms with Crippen LogP contribution < -0.4 is 16.4 Å². The lowest BCUT2D eigenvalue weighted by molar-refractivity contribution is -0.119. The van der Waals surface area contributed by atoms with Gasteiger partial charge in [0.25, 0.3) is 0 Å². The van der Waals surface area contributed by atoms with E-state index < -0.39 is 5.91 Å². The predicted octanol–water partition coefficient (Wildman–Crippen LogP) is 1.06. The summed E-state index contributed by atoms with van der Waals surface area (Å²) in [6, 6.07) is 5.18. The summed E-state index contributed by atoms with van der Waals surface area (Å²) in [7, 11) is 0. The second-order valence-electron chi connectivity index (χ2n) is 4.57. The average Bonchev–Trinajstić information content (AvgIpc) is 2.85. The maximum Gasteiger partial charge on any atom is 0.249 e. The topological polar surface area (TPSA) is 84.2 Å². The van der Waals surface area contributed by atoms with E-state index in [0.29, 0.717) is 17.8 Å². The van der Waals surface area contributed by atoms with Crippen molar-refractivity contribution in [2.24, 2.45) is 11.7 Å². The van der Waals surface area contributed by atoms with Gasteiger partial charge in [-0.2, -0.15) is 0 Å². The number of amides is 2. The van der Waals surface area contributed by atoms with Crippen LogP contribution in [0.4, 0.5) is 5.69 Å². The summed E-state index contributed by atoms with van der Waals surface area (Å²) < 4.78 is 0. The SMILES string of the molecule is Cc1ccc(NC(=O)C2CCNC2)cc1C(N)=O.Cl. The molecule has 0 spiro atoms. The van der Waals surface area contributed by atoms with Gasteiger partial charge in [0.05, 0.1) is 5.92 Å². The van der Waals surface area contributed by atoms with Crippen molar-refractivity contribution in [3.8, 4) is 0 Å². The highest BCUT2D eigenvalue weighted by molar-refractivity contribution is 5.98. The van der Waals surface area contributed by atoms with Crippen molar-refractivity contribution in [1.82, 2.24) is 5.32 Å². The van der Waals surface area contributed by atoms with Gasteiger partial charge in [0.15, 0.2) is 0 Å². The molecule has 0 radical (unpaired) electrons. The molecule has 1 aliphatic rings. The highest BCUT2D eigenvalue weighted by Gasteiger charge is 2.22. The van der Waals surface area contributed by atoms with Crippen molar-refractivity contribution in [1.29, 1.82) is 0 Å². The predicted molar refractivity (Wildman–Crippen MR) is 76.6 cm³/mol. The number of hydrogen-bond acceptors (Lipinski definition) is 3. The maximum absolute atomic E-state index is 11.9. The van der Waals surface area contributed by atoms with E-state index in [0.717, 1.165) is 18.5 Å². The highest BCUT2D eigenvalue weighted by Crippen LogP contribution is 2.17. The van der Waals surface area contributed by atoms with Crippen molar-refractivity contribution in [3.63, 3.8) is 0 Å². The first-order chi connectivity index (χ1) is 8.58. The molecule has 19 heavy (non-hydrogen) atoms. The summed E-state index contributed by atoms with van der Waals surface area (Å²) >= 11 is 0. The number of anilines is 1. The minimum atomic E-state index is -0.480. The van der Waals surface area contributed by atoms with E-state index in [1.54, 1.807) is 18.2 Å². The maximum atomic E-state index is 11.9. The Hall–Kier alpha value is -1.59. The molecule has 0 aliphatic carbocycles. The Morgan fingerprint density at radius 3 is 2.74 bits per heavy atom. The molecular formula is C13H18ClN3O2. The zero-order valence-corrected chi connectivity index (χ0v) is 11.5. The molecule has 5 nitrogen and oxygen atoms in total. The molecule has 104 valence electrons. The van der Waals surface area contributed by atoms with E-state index in [1.807, 2.05) is 6.92 Å². The lowest BCUT2D eigenvalue weighted by Gasteiger charge is -2.11. The Morgan fingerprint density at radius 1 is 1.42 bits per heavy atom. The zero-order chi connectivity index (χ0) is 13.1. The number of hydrogen-bond donors (Lipinski definition) is 3. The molecule has 0 saturated carbocycles. The van der Waals surface area contributed by atoms with Gasteiger partial charge in [-0.05, 0) is 37.6 Å². The summed E-state index contributed by atoms with van der Waals surface area (Å²) in [5, 5.41) is 5.96. The molecule has 1 aromatic rings. The molecule has 1 fully saturated rings. The van der Waals surface area contributed by atoms with E-state index in [4.69, 9.17) is 5.73 Å². The van der Waals surface area contributed by atoms with Crippen LogP contribution in [0.3, 0.4) is 0 Å². The Kier molecular flexibility index (Phi) is 5.32. The van der Waals surface area contributed by atoms with Crippen LogP contribution in [0.15, 0.2) is 18.2 Å². The quantitative estimate of drug-likeness (QED) is 0.776. The van der Waals surface area contributed by atoms with Crippen molar-refractivity contribution in [3.05, 3.63) is 29.3 Å². The van der Waals surface area contributed by atoms with Gasteiger partial charge in [0.2, 0.25) is 11.8 Å². The highest BCUT2D eigenvalue weighted by atomic mass is 35.5. The lowest BCUT2D eigenvalue weighted by atomic mass is 10.1. The standard InChI is InChI=1S/C13H17N3O2.ClH/c1-8-2-3-10(6-11(8)12(14)17)16-13(18)9-4-5-15-7-9;/h2-3,6,9,15H,4-5,7H2,1H3,(H2,14,17)(H,16,18);1H. The molecule has 2 amide bonds. The third-order valence-corrected chi connectivity index (χ3v) is 3.20. The molecule has 1 aromatic carbocycles. The molecule has 2 rings (SSSR count). The van der Waals surface area contributed by atoms with E-state index in [1.165, 1.54) is 0 Å². The van der Waals surface area contributed by atoms with Gasteiger partial charge in [0.1, 0.15) is 0 Å². The Bertz CT molecular complexity index is 485. The fourth-order valence-electron chi connectivity index (χ4n) is 2.09. The second kappa shape index (κ2) is 6.54. The van der Waals surface area contributed by atoms with E-state index >= 15 is 0 Å². The van der Waals surface area contributed by atoms with Crippen LogP contribution in [0.25, 0.3) is 0 Å². The molecule has 4 N–H and O–H groups in total. The van der Waals surface area contributed by atoms with Crippen molar-refractivity contribution in [2.45, 2.75) is 13.3 Å². The minimum absolute atomic E-state index is 0. The van der Waals surface area contributed by atoms with Gasteiger partial charge in [-0.1, -0.05) is 6.07 Å². The Balaban J connectivity index is 0.00000180. The Morgan fingerprint density at radius 2 is 2.16 bits per heavy atom. The molecule has 0 aromatic heterocycles. The minimum Gasteiger partial charge on any atom is -0.366 e. The Labute approximate surface area is 118 Å². The fraction of sp³-hybridized carbons (Fsp3) is 0.385.